The summed E-state index contributed by atoms with van der Waals surface area (Å²) in [4.78, 5) is 14.0. The summed E-state index contributed by atoms with van der Waals surface area (Å²) in [6.07, 6.45) is 5.11. The average molecular weight is 391 g/mol. The first-order valence-electron chi connectivity index (χ1n) is 10.4. The van der Waals surface area contributed by atoms with Gasteiger partial charge in [0.2, 0.25) is 0 Å². The van der Waals surface area contributed by atoms with Gasteiger partial charge in [0.05, 0.1) is 23.1 Å². The summed E-state index contributed by atoms with van der Waals surface area (Å²) < 4.78 is 0. The van der Waals surface area contributed by atoms with Crippen molar-refractivity contribution in [1.29, 1.82) is 0 Å². The second-order valence-electron chi connectivity index (χ2n) is 7.90. The third kappa shape index (κ3) is 3.92. The zero-order valence-electron chi connectivity index (χ0n) is 17.4. The lowest BCUT2D eigenvalue weighted by Crippen LogP contribution is -2.43. The highest BCUT2D eigenvalue weighted by Gasteiger charge is 2.38. The van der Waals surface area contributed by atoms with Crippen molar-refractivity contribution < 1.29 is 0 Å². The third-order valence-electron chi connectivity index (χ3n) is 5.63. The van der Waals surface area contributed by atoms with Crippen LogP contribution in [-0.4, -0.2) is 35.1 Å². The molecule has 4 heterocycles. The third-order valence-corrected chi connectivity index (χ3v) is 5.63. The van der Waals surface area contributed by atoms with E-state index in [9.17, 15) is 0 Å². The summed E-state index contributed by atoms with van der Waals surface area (Å²) in [6, 6.07) is 10.8. The van der Waals surface area contributed by atoms with Crippen LogP contribution in [0.3, 0.4) is 0 Å². The molecule has 6 nitrogen and oxygen atoms in total. The second kappa shape index (κ2) is 8.15. The van der Waals surface area contributed by atoms with Gasteiger partial charge in [-0.2, -0.15) is 0 Å². The molecule has 0 aromatic carbocycles. The van der Waals surface area contributed by atoms with Gasteiger partial charge in [-0.3, -0.25) is 0 Å². The first-order valence-corrected chi connectivity index (χ1v) is 10.4. The molecule has 2 N–H and O–H groups in total. The Morgan fingerprint density at radius 2 is 2.14 bits per heavy atom. The van der Waals surface area contributed by atoms with Gasteiger partial charge in [-0.1, -0.05) is 32.6 Å². The number of anilines is 3. The number of rotatable bonds is 8. The molecule has 29 heavy (non-hydrogen) atoms. The van der Waals surface area contributed by atoms with Crippen LogP contribution in [-0.2, 0) is 0 Å². The predicted octanol–water partition coefficient (Wildman–Crippen LogP) is 4.21. The van der Waals surface area contributed by atoms with Crippen LogP contribution in [0, 0.1) is 0 Å². The van der Waals surface area contributed by atoms with E-state index >= 15 is 0 Å². The van der Waals surface area contributed by atoms with Crippen molar-refractivity contribution in [3.63, 3.8) is 0 Å². The molecule has 2 aliphatic rings. The number of pyridine rings is 2. The van der Waals surface area contributed by atoms with Crippen molar-refractivity contribution in [3.8, 4) is 0 Å². The van der Waals surface area contributed by atoms with Crippen LogP contribution in [0.15, 0.2) is 55.5 Å². The Morgan fingerprint density at radius 1 is 1.28 bits per heavy atom. The number of hydrogen-bond donors (Lipinski definition) is 2. The molecule has 0 aliphatic carbocycles. The summed E-state index contributed by atoms with van der Waals surface area (Å²) in [5, 5.41) is 6.85. The van der Waals surface area contributed by atoms with E-state index in [2.05, 4.69) is 64.6 Å². The van der Waals surface area contributed by atoms with E-state index in [0.29, 0.717) is 12.1 Å². The molecule has 1 saturated heterocycles. The number of nitrogens with one attached hydrogen (secondary N) is 2. The minimum absolute atomic E-state index is 0.356. The number of aromatic nitrogens is 2. The largest absolute Gasteiger partial charge is 0.381 e. The topological polar surface area (TPSA) is 56.3 Å². The minimum Gasteiger partial charge on any atom is -0.381 e. The maximum atomic E-state index is 5.01. The van der Waals surface area contributed by atoms with Gasteiger partial charge in [0, 0.05) is 25.3 Å². The Balaban J connectivity index is 1.62. The minimum atomic E-state index is 0.356. The zero-order valence-corrected chi connectivity index (χ0v) is 17.4. The molecule has 0 radical (unpaired) electrons. The Kier molecular flexibility index (Phi) is 5.43. The smallest absolute Gasteiger partial charge is 0.158 e. The van der Waals surface area contributed by atoms with E-state index in [-0.39, 0.29) is 0 Å². The lowest BCUT2D eigenvalue weighted by atomic mass is 10.1. The van der Waals surface area contributed by atoms with Crippen LogP contribution >= 0.6 is 0 Å². The first-order chi connectivity index (χ1) is 14.1. The van der Waals surface area contributed by atoms with Crippen LogP contribution in [0.1, 0.15) is 38.8 Å². The summed E-state index contributed by atoms with van der Waals surface area (Å²) in [7, 11) is 0. The van der Waals surface area contributed by atoms with Crippen LogP contribution < -0.4 is 20.4 Å². The van der Waals surface area contributed by atoms with Gasteiger partial charge in [-0.25, -0.2) is 9.97 Å². The van der Waals surface area contributed by atoms with Crippen molar-refractivity contribution in [1.82, 2.24) is 15.3 Å². The summed E-state index contributed by atoms with van der Waals surface area (Å²) in [5.74, 6) is 2.53. The van der Waals surface area contributed by atoms with Gasteiger partial charge < -0.3 is 20.4 Å². The van der Waals surface area contributed by atoms with E-state index in [4.69, 9.17) is 4.98 Å². The molecule has 2 aromatic heterocycles. The lowest BCUT2D eigenvalue weighted by Gasteiger charge is -2.38. The Labute approximate surface area is 173 Å². The monoisotopic (exact) mass is 390 g/mol. The van der Waals surface area contributed by atoms with Crippen LogP contribution in [0.5, 0.6) is 0 Å². The molecular weight excluding hydrogens is 360 g/mol. The second-order valence-corrected chi connectivity index (χ2v) is 7.90. The summed E-state index contributed by atoms with van der Waals surface area (Å²) >= 11 is 0. The molecule has 2 aromatic rings. The fourth-order valence-corrected chi connectivity index (χ4v) is 4.25. The van der Waals surface area contributed by atoms with Gasteiger partial charge >= 0.3 is 0 Å². The van der Waals surface area contributed by atoms with Crippen LogP contribution in [0.2, 0.25) is 0 Å². The molecular formula is C23H30N6. The molecule has 0 amide bonds. The fourth-order valence-electron chi connectivity index (χ4n) is 4.25. The van der Waals surface area contributed by atoms with E-state index < -0.39 is 0 Å². The van der Waals surface area contributed by atoms with E-state index in [1.807, 2.05) is 18.2 Å². The molecule has 0 saturated carbocycles. The van der Waals surface area contributed by atoms with Gasteiger partial charge in [0.15, 0.2) is 5.82 Å². The van der Waals surface area contributed by atoms with Crippen LogP contribution in [0.4, 0.5) is 17.3 Å². The van der Waals surface area contributed by atoms with Gasteiger partial charge in [0.1, 0.15) is 11.6 Å². The standard InChI is InChI=1S/C23H30N6/c1-5-8-16(2)25-17(3)20-10-11-21-23(27-20)29(19-12-14-28(21)15-19)18(4)26-22-9-6-7-13-24-22/h6-7,9-11,13,16,19,25H,3-5,8,12,14-15H2,1-2H3,(H,24,26)/t16?,19-/m0/s1. The number of fused-ring (bicyclic) bond motifs is 4. The lowest BCUT2D eigenvalue weighted by molar-refractivity contribution is 0.586. The highest BCUT2D eigenvalue weighted by molar-refractivity contribution is 5.77. The van der Waals surface area contributed by atoms with Crippen molar-refractivity contribution in [2.75, 3.05) is 28.2 Å². The Hall–Kier alpha value is -3.02. The molecule has 1 unspecified atom stereocenters. The molecule has 6 heteroatoms. The Morgan fingerprint density at radius 3 is 2.90 bits per heavy atom. The van der Waals surface area contributed by atoms with E-state index in [1.54, 1.807) is 6.20 Å². The quantitative estimate of drug-likeness (QED) is 0.704. The number of hydrogen-bond acceptors (Lipinski definition) is 6. The highest BCUT2D eigenvalue weighted by atomic mass is 15.4. The molecule has 1 fully saturated rings. The van der Waals surface area contributed by atoms with E-state index in [0.717, 1.165) is 66.9 Å². The van der Waals surface area contributed by atoms with Crippen molar-refractivity contribution in [2.24, 2.45) is 0 Å². The molecule has 4 rings (SSSR count). The van der Waals surface area contributed by atoms with Crippen LogP contribution in [0.25, 0.3) is 5.70 Å². The normalized spacial score (nSPS) is 18.2. The first kappa shape index (κ1) is 19.3. The Bertz CT molecular complexity index is 893. The van der Waals surface area contributed by atoms with Gasteiger partial charge in [0.25, 0.3) is 0 Å². The summed E-state index contributed by atoms with van der Waals surface area (Å²) in [6.45, 7) is 15.0. The van der Waals surface area contributed by atoms with Gasteiger partial charge in [-0.15, -0.1) is 0 Å². The van der Waals surface area contributed by atoms with Gasteiger partial charge in [-0.05, 0) is 44.0 Å². The molecule has 152 valence electrons. The average Bonchev–Trinajstić information content (AvgIpc) is 3.13. The number of nitrogens with zero attached hydrogens (tertiary/aromatic N) is 4. The zero-order chi connectivity index (χ0) is 20.4. The SMILES string of the molecule is C=C(NC(C)CCC)c1ccc2c(n1)N(C(=C)Nc1ccccn1)[C@H]1CCN2C1. The molecule has 2 bridgehead atoms. The highest BCUT2D eigenvalue weighted by Crippen LogP contribution is 2.41. The fraction of sp³-hybridized carbons (Fsp3) is 0.391. The van der Waals surface area contributed by atoms with Crippen molar-refractivity contribution in [2.45, 2.75) is 45.2 Å². The molecule has 2 aliphatic heterocycles. The van der Waals surface area contributed by atoms with Crippen molar-refractivity contribution in [3.05, 3.63) is 61.2 Å². The molecule has 0 spiro atoms. The molecule has 2 atom stereocenters. The van der Waals surface area contributed by atoms with E-state index in [1.165, 1.54) is 0 Å². The summed E-state index contributed by atoms with van der Waals surface area (Å²) in [5.41, 5.74) is 2.90. The van der Waals surface area contributed by atoms with Crippen molar-refractivity contribution >= 4 is 23.0 Å². The maximum absolute atomic E-state index is 5.01. The maximum Gasteiger partial charge on any atom is 0.158 e. The predicted molar refractivity (Wildman–Crippen MR) is 121 cm³/mol.